The number of hydrogen-bond acceptors (Lipinski definition) is 4. The molecule has 0 spiro atoms. The molecule has 0 fully saturated rings. The highest BCUT2D eigenvalue weighted by Gasteiger charge is 2.30. The molecular formula is C25H20F3N3O2S. The molecule has 34 heavy (non-hydrogen) atoms. The summed E-state index contributed by atoms with van der Waals surface area (Å²) in [7, 11) is 3.39. The van der Waals surface area contributed by atoms with Gasteiger partial charge in [-0.3, -0.25) is 14.6 Å². The number of halogens is 3. The highest BCUT2D eigenvalue weighted by molar-refractivity contribution is 7.20. The van der Waals surface area contributed by atoms with Crippen molar-refractivity contribution in [2.24, 2.45) is 0 Å². The molecule has 174 valence electrons. The van der Waals surface area contributed by atoms with Crippen LogP contribution in [0.2, 0.25) is 0 Å². The molecule has 0 saturated carbocycles. The fraction of sp³-hybridized carbons (Fsp3) is 0.160. The van der Waals surface area contributed by atoms with Crippen LogP contribution in [0.3, 0.4) is 0 Å². The third-order valence-electron chi connectivity index (χ3n) is 5.19. The number of carbonyl (C=O) groups is 2. The zero-order chi connectivity index (χ0) is 24.5. The summed E-state index contributed by atoms with van der Waals surface area (Å²) in [6, 6.07) is 15.3. The van der Waals surface area contributed by atoms with E-state index in [-0.39, 0.29) is 12.5 Å². The Morgan fingerprint density at radius 2 is 1.76 bits per heavy atom. The van der Waals surface area contributed by atoms with Crippen molar-refractivity contribution in [1.29, 1.82) is 0 Å². The predicted molar refractivity (Wildman–Crippen MR) is 126 cm³/mol. The van der Waals surface area contributed by atoms with E-state index in [1.807, 2.05) is 12.1 Å². The van der Waals surface area contributed by atoms with Crippen LogP contribution in [0.5, 0.6) is 0 Å². The number of amides is 2. The van der Waals surface area contributed by atoms with Crippen LogP contribution in [0.15, 0.2) is 66.9 Å². The zero-order valence-corrected chi connectivity index (χ0v) is 19.1. The van der Waals surface area contributed by atoms with Crippen molar-refractivity contribution in [3.05, 3.63) is 88.4 Å². The molecule has 0 saturated heterocycles. The van der Waals surface area contributed by atoms with Crippen molar-refractivity contribution in [3.8, 4) is 11.3 Å². The predicted octanol–water partition coefficient (Wildman–Crippen LogP) is 5.61. The van der Waals surface area contributed by atoms with E-state index in [0.29, 0.717) is 21.7 Å². The summed E-state index contributed by atoms with van der Waals surface area (Å²) in [6.45, 7) is -0.0248. The Hall–Kier alpha value is -3.72. The van der Waals surface area contributed by atoms with Crippen LogP contribution < -0.4 is 5.32 Å². The van der Waals surface area contributed by atoms with Crippen LogP contribution in [0.1, 0.15) is 31.2 Å². The van der Waals surface area contributed by atoms with Crippen molar-refractivity contribution < 1.29 is 22.8 Å². The first-order valence-corrected chi connectivity index (χ1v) is 11.1. The minimum atomic E-state index is -4.43. The van der Waals surface area contributed by atoms with Crippen LogP contribution in [-0.2, 0) is 12.7 Å². The molecule has 5 nitrogen and oxygen atoms in total. The van der Waals surface area contributed by atoms with Crippen LogP contribution >= 0.6 is 11.3 Å². The molecule has 0 aliphatic carbocycles. The van der Waals surface area contributed by atoms with Crippen LogP contribution in [0.25, 0.3) is 21.3 Å². The summed E-state index contributed by atoms with van der Waals surface area (Å²) in [4.78, 5) is 31.4. The number of hydrogen-bond donors (Lipinski definition) is 1. The second-order valence-corrected chi connectivity index (χ2v) is 8.92. The number of alkyl halides is 3. The lowest BCUT2D eigenvalue weighted by Crippen LogP contribution is -2.23. The third kappa shape index (κ3) is 4.94. The fourth-order valence-electron chi connectivity index (χ4n) is 3.44. The second kappa shape index (κ2) is 9.26. The van der Waals surface area contributed by atoms with Gasteiger partial charge >= 0.3 is 6.18 Å². The van der Waals surface area contributed by atoms with Gasteiger partial charge in [0.1, 0.15) is 0 Å². The van der Waals surface area contributed by atoms with E-state index < -0.39 is 17.6 Å². The van der Waals surface area contributed by atoms with Crippen molar-refractivity contribution in [1.82, 2.24) is 15.2 Å². The van der Waals surface area contributed by atoms with E-state index in [1.54, 1.807) is 44.6 Å². The summed E-state index contributed by atoms with van der Waals surface area (Å²) >= 11 is 1.39. The van der Waals surface area contributed by atoms with Gasteiger partial charge in [0.2, 0.25) is 0 Å². The molecule has 9 heteroatoms. The molecule has 0 bridgehead atoms. The summed E-state index contributed by atoms with van der Waals surface area (Å²) in [5, 5.41) is 3.49. The SMILES string of the molecule is CN(C)C(=O)c1cc2c(-c3ccc(C(=O)NCc4cccc(C(F)(F)F)c4)cc3)nccc2s1. The van der Waals surface area contributed by atoms with Crippen LogP contribution in [-0.4, -0.2) is 35.8 Å². The van der Waals surface area contributed by atoms with Gasteiger partial charge in [-0.05, 0) is 42.0 Å². The Kier molecular flexibility index (Phi) is 6.39. The van der Waals surface area contributed by atoms with Gasteiger partial charge in [0.15, 0.2) is 0 Å². The number of benzene rings is 2. The molecular weight excluding hydrogens is 463 g/mol. The largest absolute Gasteiger partial charge is 0.416 e. The summed E-state index contributed by atoms with van der Waals surface area (Å²) in [6.07, 6.45) is -2.76. The first kappa shape index (κ1) is 23.4. The Morgan fingerprint density at radius 1 is 1.03 bits per heavy atom. The fourth-order valence-corrected chi connectivity index (χ4v) is 4.52. The molecule has 2 heterocycles. The van der Waals surface area contributed by atoms with Crippen molar-refractivity contribution >= 4 is 33.2 Å². The minimum Gasteiger partial charge on any atom is -0.348 e. The van der Waals surface area contributed by atoms with E-state index in [1.165, 1.54) is 28.4 Å². The van der Waals surface area contributed by atoms with E-state index in [9.17, 15) is 22.8 Å². The minimum absolute atomic E-state index is 0.0248. The van der Waals surface area contributed by atoms with Gasteiger partial charge in [0.05, 0.1) is 16.1 Å². The average Bonchev–Trinajstić information content (AvgIpc) is 3.26. The number of nitrogens with one attached hydrogen (secondary N) is 1. The molecule has 2 amide bonds. The van der Waals surface area contributed by atoms with Gasteiger partial charge in [-0.15, -0.1) is 11.3 Å². The van der Waals surface area contributed by atoms with E-state index >= 15 is 0 Å². The van der Waals surface area contributed by atoms with Crippen LogP contribution in [0.4, 0.5) is 13.2 Å². The van der Waals surface area contributed by atoms with Crippen molar-refractivity contribution in [2.45, 2.75) is 12.7 Å². The maximum Gasteiger partial charge on any atom is 0.416 e. The maximum atomic E-state index is 12.9. The van der Waals surface area contributed by atoms with Gasteiger partial charge in [-0.2, -0.15) is 13.2 Å². The zero-order valence-electron chi connectivity index (χ0n) is 18.3. The monoisotopic (exact) mass is 483 g/mol. The van der Waals surface area contributed by atoms with E-state index in [0.717, 1.165) is 27.8 Å². The third-order valence-corrected chi connectivity index (χ3v) is 6.28. The smallest absolute Gasteiger partial charge is 0.348 e. The number of carbonyl (C=O) groups excluding carboxylic acids is 2. The molecule has 0 aliphatic rings. The molecule has 2 aromatic heterocycles. The Balaban J connectivity index is 1.51. The second-order valence-electron chi connectivity index (χ2n) is 7.84. The molecule has 4 aromatic rings. The van der Waals surface area contributed by atoms with Gasteiger partial charge in [-0.25, -0.2) is 0 Å². The summed E-state index contributed by atoms with van der Waals surface area (Å²) in [5.74, 6) is -0.482. The average molecular weight is 484 g/mol. The highest BCUT2D eigenvalue weighted by atomic mass is 32.1. The Labute approximate surface area is 197 Å². The van der Waals surface area contributed by atoms with Gasteiger partial charge in [0.25, 0.3) is 11.8 Å². The van der Waals surface area contributed by atoms with E-state index in [2.05, 4.69) is 10.3 Å². The molecule has 1 N–H and O–H groups in total. The molecule has 0 radical (unpaired) electrons. The number of pyridine rings is 1. The Bertz CT molecular complexity index is 1360. The highest BCUT2D eigenvalue weighted by Crippen LogP contribution is 2.33. The number of rotatable bonds is 5. The van der Waals surface area contributed by atoms with Crippen LogP contribution in [0, 0.1) is 0 Å². The topological polar surface area (TPSA) is 62.3 Å². The van der Waals surface area contributed by atoms with Gasteiger partial charge in [0, 0.05) is 48.0 Å². The number of fused-ring (bicyclic) bond motifs is 1. The number of nitrogens with zero attached hydrogens (tertiary/aromatic N) is 2. The standard InChI is InChI=1S/C25H20F3N3O2S/c1-31(2)24(33)21-13-19-20(34-21)10-11-29-22(19)16-6-8-17(9-7-16)23(32)30-14-15-4-3-5-18(12-15)25(26,27)28/h3-13H,14H2,1-2H3,(H,30,32). The van der Waals surface area contributed by atoms with E-state index in [4.69, 9.17) is 0 Å². The van der Waals surface area contributed by atoms with Gasteiger partial charge in [-0.1, -0.05) is 24.3 Å². The number of thiophene rings is 1. The van der Waals surface area contributed by atoms with Gasteiger partial charge < -0.3 is 10.2 Å². The lowest BCUT2D eigenvalue weighted by atomic mass is 10.1. The Morgan fingerprint density at radius 3 is 2.44 bits per heavy atom. The lowest BCUT2D eigenvalue weighted by Gasteiger charge is -2.10. The maximum absolute atomic E-state index is 12.9. The first-order chi connectivity index (χ1) is 16.1. The summed E-state index contributed by atoms with van der Waals surface area (Å²) in [5.41, 5.74) is 1.45. The molecule has 0 aliphatic heterocycles. The molecule has 0 atom stereocenters. The molecule has 2 aromatic carbocycles. The summed E-state index contributed by atoms with van der Waals surface area (Å²) < 4.78 is 39.5. The molecule has 0 unspecified atom stereocenters. The number of aromatic nitrogens is 1. The van der Waals surface area contributed by atoms with Crippen molar-refractivity contribution in [2.75, 3.05) is 14.1 Å². The first-order valence-electron chi connectivity index (χ1n) is 10.3. The van der Waals surface area contributed by atoms with Crippen molar-refractivity contribution in [3.63, 3.8) is 0 Å². The normalized spacial score (nSPS) is 11.4. The quantitative estimate of drug-likeness (QED) is 0.401. The lowest BCUT2D eigenvalue weighted by molar-refractivity contribution is -0.137. The molecule has 4 rings (SSSR count).